The van der Waals surface area contributed by atoms with Crippen LogP contribution in [0.15, 0.2) is 36.5 Å². The molecule has 83 heavy (non-hydrogen) atoms. The van der Waals surface area contributed by atoms with Crippen molar-refractivity contribution in [2.75, 3.05) is 40.9 Å². The van der Waals surface area contributed by atoms with Crippen molar-refractivity contribution in [2.24, 2.45) is 0 Å². The van der Waals surface area contributed by atoms with E-state index in [2.05, 4.69) is 50.4 Å². The first-order chi connectivity index (χ1) is 40.4. The molecule has 490 valence electrons. The summed E-state index contributed by atoms with van der Waals surface area (Å²) < 4.78 is 30.5. The molecule has 0 fully saturated rings. The second-order valence-electron chi connectivity index (χ2n) is 26.1. The van der Waals surface area contributed by atoms with Gasteiger partial charge in [-0.05, 0) is 63.9 Å². The van der Waals surface area contributed by atoms with E-state index in [1.165, 1.54) is 270 Å². The Kier molecular flexibility index (Phi) is 61.9. The molecule has 0 bridgehead atoms. The summed E-state index contributed by atoms with van der Waals surface area (Å²) in [5.41, 5.74) is 0. The normalized spacial score (nSPS) is 13.7. The van der Waals surface area contributed by atoms with E-state index in [-0.39, 0.29) is 31.5 Å². The largest absolute Gasteiger partial charge is 0.756 e. The van der Waals surface area contributed by atoms with Crippen molar-refractivity contribution in [3.8, 4) is 0 Å². The van der Waals surface area contributed by atoms with E-state index in [1.807, 2.05) is 33.3 Å². The fourth-order valence-corrected chi connectivity index (χ4v) is 11.7. The van der Waals surface area contributed by atoms with Crippen LogP contribution in [0, 0.1) is 0 Å². The second kappa shape index (κ2) is 63.3. The Morgan fingerprint density at radius 2 is 0.735 bits per heavy atom. The number of hydrogen-bond donors (Lipinski definition) is 1. The first-order valence-electron chi connectivity index (χ1n) is 36.3. The third kappa shape index (κ3) is 64.5. The highest BCUT2D eigenvalue weighted by Gasteiger charge is 2.27. The van der Waals surface area contributed by atoms with E-state index in [4.69, 9.17) is 13.8 Å². The molecular weight excluding hydrogens is 1050 g/mol. The van der Waals surface area contributed by atoms with Crippen LogP contribution in [0.3, 0.4) is 0 Å². The molecule has 0 aliphatic carbocycles. The molecule has 3 unspecified atom stereocenters. The smallest absolute Gasteiger partial charge is 0.306 e. The predicted molar refractivity (Wildman–Crippen MR) is 358 cm³/mol. The number of carbonyl (C=O) groups excluding carboxylic acids is 2. The van der Waals surface area contributed by atoms with Gasteiger partial charge in [0.15, 0.2) is 0 Å². The summed E-state index contributed by atoms with van der Waals surface area (Å²) in [6.45, 7) is 6.88. The highest BCUT2D eigenvalue weighted by atomic mass is 31.2. The van der Waals surface area contributed by atoms with Crippen LogP contribution >= 0.6 is 7.82 Å². The van der Waals surface area contributed by atoms with Crippen LogP contribution in [0.4, 0.5) is 0 Å². The first-order valence-corrected chi connectivity index (χ1v) is 37.8. The summed E-state index contributed by atoms with van der Waals surface area (Å²) >= 11 is 0. The molecule has 3 atom stereocenters. The minimum atomic E-state index is -4.70. The number of rotatable bonds is 67. The summed E-state index contributed by atoms with van der Waals surface area (Å²) in [6, 6.07) is -0.885. The molecule has 1 N–H and O–H groups in total. The Balaban J connectivity index is 4.97. The van der Waals surface area contributed by atoms with Gasteiger partial charge in [-0.3, -0.25) is 14.2 Å². The van der Waals surface area contributed by atoms with E-state index in [0.717, 1.165) is 64.2 Å². The van der Waals surface area contributed by atoms with Crippen molar-refractivity contribution in [3.63, 3.8) is 0 Å². The molecule has 0 radical (unpaired) electrons. The number of likely N-dealkylation sites (N-methyl/N-ethyl adjacent to an activating group) is 1. The number of quaternary nitrogens is 1. The van der Waals surface area contributed by atoms with Gasteiger partial charge in [0, 0.05) is 12.8 Å². The molecule has 1 amide bonds. The van der Waals surface area contributed by atoms with Crippen molar-refractivity contribution in [2.45, 2.75) is 380 Å². The molecule has 0 spiro atoms. The lowest BCUT2D eigenvalue weighted by atomic mass is 10.0. The molecular formula is C73H141N2O7P. The van der Waals surface area contributed by atoms with Gasteiger partial charge in [0.25, 0.3) is 7.82 Å². The van der Waals surface area contributed by atoms with E-state index < -0.39 is 20.0 Å². The zero-order valence-electron chi connectivity index (χ0n) is 56.2. The van der Waals surface area contributed by atoms with Gasteiger partial charge in [-0.2, -0.15) is 0 Å². The van der Waals surface area contributed by atoms with Gasteiger partial charge in [0.1, 0.15) is 19.3 Å². The van der Waals surface area contributed by atoms with Gasteiger partial charge in [0.05, 0.1) is 33.8 Å². The molecule has 0 aromatic carbocycles. The Bertz CT molecular complexity index is 1510. The van der Waals surface area contributed by atoms with Gasteiger partial charge in [-0.25, -0.2) is 0 Å². The van der Waals surface area contributed by atoms with Crippen molar-refractivity contribution < 1.29 is 37.3 Å². The van der Waals surface area contributed by atoms with E-state index in [0.29, 0.717) is 17.4 Å². The highest BCUT2D eigenvalue weighted by molar-refractivity contribution is 7.45. The van der Waals surface area contributed by atoms with E-state index >= 15 is 0 Å². The first kappa shape index (κ1) is 81.2. The number of esters is 1. The van der Waals surface area contributed by atoms with Crippen LogP contribution in [0.2, 0.25) is 0 Å². The number of amides is 1. The lowest BCUT2D eigenvalue weighted by molar-refractivity contribution is -0.870. The predicted octanol–water partition coefficient (Wildman–Crippen LogP) is 22.4. The molecule has 0 saturated carbocycles. The number of hydrogen-bond acceptors (Lipinski definition) is 7. The van der Waals surface area contributed by atoms with Gasteiger partial charge >= 0.3 is 5.97 Å². The maximum Gasteiger partial charge on any atom is 0.306 e. The van der Waals surface area contributed by atoms with Crippen LogP contribution < -0.4 is 10.2 Å². The zero-order valence-corrected chi connectivity index (χ0v) is 57.1. The monoisotopic (exact) mass is 1190 g/mol. The lowest BCUT2D eigenvalue weighted by Crippen LogP contribution is -2.47. The van der Waals surface area contributed by atoms with Crippen LogP contribution in [-0.2, 0) is 27.9 Å². The molecule has 0 heterocycles. The average Bonchev–Trinajstić information content (AvgIpc) is 3.51. The summed E-state index contributed by atoms with van der Waals surface area (Å²) in [5.74, 6) is -0.521. The molecule has 0 aromatic rings. The van der Waals surface area contributed by atoms with Gasteiger partial charge in [-0.1, -0.05) is 327 Å². The molecule has 0 rings (SSSR count). The lowest BCUT2D eigenvalue weighted by Gasteiger charge is -2.30. The number of carbonyl (C=O) groups is 2. The summed E-state index contributed by atoms with van der Waals surface area (Å²) in [5, 5.41) is 3.05. The summed E-state index contributed by atoms with van der Waals surface area (Å²) in [4.78, 5) is 40.2. The number of allylic oxidation sites excluding steroid dienone is 5. The topological polar surface area (TPSA) is 114 Å². The zero-order chi connectivity index (χ0) is 60.7. The average molecular weight is 1190 g/mol. The number of ether oxygens (including phenoxy) is 1. The minimum absolute atomic E-state index is 0.0194. The number of nitrogens with zero attached hydrogens (tertiary/aromatic N) is 1. The van der Waals surface area contributed by atoms with Crippen molar-refractivity contribution >= 4 is 19.7 Å². The van der Waals surface area contributed by atoms with Crippen molar-refractivity contribution in [1.82, 2.24) is 5.32 Å². The molecule has 0 aromatic heterocycles. The van der Waals surface area contributed by atoms with Crippen LogP contribution in [-0.4, -0.2) is 69.4 Å². The third-order valence-corrected chi connectivity index (χ3v) is 17.5. The fraction of sp³-hybridized carbons (Fsp3) is 0.890. The Morgan fingerprint density at radius 3 is 1.11 bits per heavy atom. The van der Waals surface area contributed by atoms with Gasteiger partial charge in [-0.15, -0.1) is 0 Å². The maximum absolute atomic E-state index is 13.6. The molecule has 0 saturated heterocycles. The Morgan fingerprint density at radius 1 is 0.422 bits per heavy atom. The van der Waals surface area contributed by atoms with Crippen LogP contribution in [0.1, 0.15) is 367 Å². The van der Waals surface area contributed by atoms with Crippen molar-refractivity contribution in [1.29, 1.82) is 0 Å². The highest BCUT2D eigenvalue weighted by Crippen LogP contribution is 2.38. The van der Waals surface area contributed by atoms with Crippen LogP contribution in [0.5, 0.6) is 0 Å². The number of phosphoric acid groups is 1. The fourth-order valence-electron chi connectivity index (χ4n) is 11.0. The standard InChI is InChI=1S/C73H141N2O7P/c1-7-10-13-16-19-22-25-27-29-31-33-35-37-39-41-43-45-47-50-53-56-59-62-65-72(76)74-70(69-81-83(78,79)80-68-67-75(4,5)6)71(64-61-58-55-52-49-24-21-18-15-12-9-3)82-73(77)66-63-60-57-54-51-48-46-44-42-40-38-36-34-32-30-28-26-23-20-17-14-11-8-2/h19,22,27,29,61,64,70-71H,7-18,20-21,23-26,28,30-60,62-63,65-69H2,1-6H3,(H-,74,76,78,79)/b22-19-,29-27-,64-61+. The number of phosphoric ester groups is 1. The number of nitrogens with one attached hydrogen (secondary N) is 1. The van der Waals surface area contributed by atoms with Gasteiger partial charge in [0.2, 0.25) is 5.91 Å². The molecule has 9 nitrogen and oxygen atoms in total. The molecule has 0 aliphatic rings. The Labute approximate surface area is 516 Å². The summed E-state index contributed by atoms with van der Waals surface area (Å²) in [7, 11) is 1.20. The molecule has 10 heteroatoms. The third-order valence-electron chi connectivity index (χ3n) is 16.6. The van der Waals surface area contributed by atoms with E-state index in [9.17, 15) is 19.0 Å². The van der Waals surface area contributed by atoms with Crippen molar-refractivity contribution in [3.05, 3.63) is 36.5 Å². The van der Waals surface area contributed by atoms with Crippen LogP contribution in [0.25, 0.3) is 0 Å². The minimum Gasteiger partial charge on any atom is -0.756 e. The number of unbranched alkanes of at least 4 members (excludes halogenated alkanes) is 47. The molecule has 0 aliphatic heterocycles. The van der Waals surface area contributed by atoms with E-state index in [1.54, 1.807) is 0 Å². The van der Waals surface area contributed by atoms with Gasteiger partial charge < -0.3 is 28.5 Å². The maximum atomic E-state index is 13.6. The second-order valence-corrected chi connectivity index (χ2v) is 27.5. The summed E-state index contributed by atoms with van der Waals surface area (Å²) in [6.07, 6.45) is 78.5. The quantitative estimate of drug-likeness (QED) is 0.0212. The Hall–Kier alpha value is -1.77. The SMILES string of the molecule is CCCCC/C=C\C/C=C\CCCCCCCCCCCCCCCC(=O)NC(COP(=O)([O-])OCC[N+](C)(C)C)C(/C=C/CCCCCCCCCCC)OC(=O)CCCCCCCCCCCCCCCCCCCCCCCCC.